The van der Waals surface area contributed by atoms with Crippen LogP contribution in [0, 0.1) is 6.92 Å². The average molecular weight is 380 g/mol. The number of aryl methyl sites for hydroxylation is 1. The molecule has 4 aromatic rings. The molecule has 0 unspecified atom stereocenters. The fourth-order valence-electron chi connectivity index (χ4n) is 2.54. The summed E-state index contributed by atoms with van der Waals surface area (Å²) in [5.74, 6) is -0.0964. The minimum absolute atomic E-state index is 0.0964. The van der Waals surface area contributed by atoms with Gasteiger partial charge in [-0.2, -0.15) is 5.10 Å². The van der Waals surface area contributed by atoms with Crippen LogP contribution in [0.1, 0.15) is 10.4 Å². The summed E-state index contributed by atoms with van der Waals surface area (Å²) in [6.07, 6.45) is 3.85. The predicted octanol–water partition coefficient (Wildman–Crippen LogP) is 4.55. The molecule has 0 aliphatic heterocycles. The van der Waals surface area contributed by atoms with E-state index in [1.165, 1.54) is 16.2 Å². The van der Waals surface area contributed by atoms with Gasteiger partial charge in [0.1, 0.15) is 0 Å². The van der Waals surface area contributed by atoms with E-state index in [9.17, 15) is 4.79 Å². The van der Waals surface area contributed by atoms with Crippen LogP contribution in [0.3, 0.4) is 0 Å². The number of hydrogen-bond donors (Lipinski definition) is 1. The molecule has 0 radical (unpaired) electrons. The Balaban J connectivity index is 1.40. The fraction of sp³-hybridized carbons (Fsp3) is 0.105. The maximum atomic E-state index is 12.3. The zero-order valence-electron chi connectivity index (χ0n) is 14.0. The maximum Gasteiger partial charge on any atom is 0.230 e. The number of nitrogens with zero attached hydrogens (tertiary/aromatic N) is 3. The summed E-state index contributed by atoms with van der Waals surface area (Å²) in [4.78, 5) is 19.2. The van der Waals surface area contributed by atoms with Crippen molar-refractivity contribution in [3.8, 4) is 16.3 Å². The first kappa shape index (κ1) is 16.7. The molecular formula is C19H16N4OS2. The first-order chi connectivity index (χ1) is 12.7. The highest BCUT2D eigenvalue weighted by Gasteiger charge is 2.11. The van der Waals surface area contributed by atoms with Crippen molar-refractivity contribution >= 4 is 33.7 Å². The summed E-state index contributed by atoms with van der Waals surface area (Å²) >= 11 is 3.13. The summed E-state index contributed by atoms with van der Waals surface area (Å²) in [5, 5.41) is 9.77. The number of amides is 1. The molecule has 3 aromatic heterocycles. The van der Waals surface area contributed by atoms with Gasteiger partial charge in [-0.15, -0.1) is 22.7 Å². The van der Waals surface area contributed by atoms with Crippen molar-refractivity contribution in [1.29, 1.82) is 0 Å². The van der Waals surface area contributed by atoms with Gasteiger partial charge in [-0.05, 0) is 36.8 Å². The van der Waals surface area contributed by atoms with Crippen molar-refractivity contribution < 1.29 is 4.79 Å². The molecule has 26 heavy (non-hydrogen) atoms. The van der Waals surface area contributed by atoms with Crippen molar-refractivity contribution in [3.05, 3.63) is 70.7 Å². The number of nitrogens with one attached hydrogen (secondary N) is 1. The lowest BCUT2D eigenvalue weighted by molar-refractivity contribution is -0.115. The monoisotopic (exact) mass is 380 g/mol. The smallest absolute Gasteiger partial charge is 0.230 e. The molecule has 0 aliphatic rings. The van der Waals surface area contributed by atoms with Crippen LogP contribution in [0.4, 0.5) is 5.13 Å². The lowest BCUT2D eigenvalue weighted by atomic mass is 10.2. The number of benzene rings is 1. The second-order valence-corrected chi connectivity index (χ2v) is 7.95. The molecule has 7 heteroatoms. The normalized spacial score (nSPS) is 10.8. The molecule has 0 aliphatic carbocycles. The molecular weight excluding hydrogens is 364 g/mol. The Labute approximate surface area is 159 Å². The van der Waals surface area contributed by atoms with E-state index in [0.29, 0.717) is 5.13 Å². The molecule has 1 amide bonds. The Morgan fingerprint density at radius 2 is 2.04 bits per heavy atom. The van der Waals surface area contributed by atoms with Crippen LogP contribution in [-0.2, 0) is 11.2 Å². The highest BCUT2D eigenvalue weighted by atomic mass is 32.1. The molecule has 1 aromatic carbocycles. The Morgan fingerprint density at radius 1 is 1.19 bits per heavy atom. The lowest BCUT2D eigenvalue weighted by Crippen LogP contribution is -2.13. The number of aromatic nitrogens is 3. The summed E-state index contributed by atoms with van der Waals surface area (Å²) in [7, 11) is 0. The summed E-state index contributed by atoms with van der Waals surface area (Å²) in [6.45, 7) is 2.07. The van der Waals surface area contributed by atoms with Crippen LogP contribution in [0.15, 0.2) is 60.2 Å². The van der Waals surface area contributed by atoms with E-state index in [2.05, 4.69) is 34.5 Å². The van der Waals surface area contributed by atoms with E-state index in [0.717, 1.165) is 21.8 Å². The number of rotatable bonds is 5. The third kappa shape index (κ3) is 3.74. The number of carbonyl (C=O) groups is 1. The van der Waals surface area contributed by atoms with Gasteiger partial charge in [-0.3, -0.25) is 4.79 Å². The standard InChI is InChI=1S/C19H16N4OS2/c1-13-7-8-17(26-13)16-12-25-19(21-16)22-18(24)9-14-10-20-23(11-14)15-5-3-2-4-6-15/h2-8,10-12H,9H2,1H3,(H,21,22,24). The van der Waals surface area contributed by atoms with Crippen LogP contribution in [-0.4, -0.2) is 20.7 Å². The number of thiazole rings is 1. The van der Waals surface area contributed by atoms with Crippen molar-refractivity contribution in [1.82, 2.24) is 14.8 Å². The number of thiophene rings is 1. The molecule has 1 N–H and O–H groups in total. The zero-order chi connectivity index (χ0) is 17.9. The fourth-order valence-corrected chi connectivity index (χ4v) is 4.17. The number of hydrogen-bond acceptors (Lipinski definition) is 5. The Kier molecular flexibility index (Phi) is 4.64. The highest BCUT2D eigenvalue weighted by Crippen LogP contribution is 2.30. The molecule has 4 rings (SSSR count). The van der Waals surface area contributed by atoms with Gasteiger partial charge in [0.05, 0.1) is 28.9 Å². The number of anilines is 1. The van der Waals surface area contributed by atoms with Crippen LogP contribution in [0.25, 0.3) is 16.3 Å². The van der Waals surface area contributed by atoms with E-state index in [1.807, 2.05) is 41.9 Å². The van der Waals surface area contributed by atoms with E-state index in [-0.39, 0.29) is 12.3 Å². The minimum Gasteiger partial charge on any atom is -0.302 e. The van der Waals surface area contributed by atoms with Crippen LogP contribution in [0.5, 0.6) is 0 Å². The van der Waals surface area contributed by atoms with Crippen molar-refractivity contribution in [3.63, 3.8) is 0 Å². The molecule has 0 atom stereocenters. The van der Waals surface area contributed by atoms with Crippen molar-refractivity contribution in [2.45, 2.75) is 13.3 Å². The number of carbonyl (C=O) groups excluding carboxylic acids is 1. The van der Waals surface area contributed by atoms with E-state index in [4.69, 9.17) is 0 Å². The summed E-state index contributed by atoms with van der Waals surface area (Å²) in [6, 6.07) is 13.9. The molecule has 130 valence electrons. The van der Waals surface area contributed by atoms with E-state index < -0.39 is 0 Å². The molecule has 0 fully saturated rings. The summed E-state index contributed by atoms with van der Waals surface area (Å²) < 4.78 is 1.77. The van der Waals surface area contributed by atoms with E-state index >= 15 is 0 Å². The quantitative estimate of drug-likeness (QED) is 0.553. The Hall–Kier alpha value is -2.77. The zero-order valence-corrected chi connectivity index (χ0v) is 15.7. The van der Waals surface area contributed by atoms with Crippen molar-refractivity contribution in [2.24, 2.45) is 0 Å². The molecule has 0 bridgehead atoms. The Bertz CT molecular complexity index is 1030. The second kappa shape index (κ2) is 7.23. The van der Waals surface area contributed by atoms with Crippen LogP contribution in [0.2, 0.25) is 0 Å². The molecule has 0 saturated carbocycles. The predicted molar refractivity (Wildman–Crippen MR) is 106 cm³/mol. The SMILES string of the molecule is Cc1ccc(-c2csc(NC(=O)Cc3cnn(-c4ccccc4)c3)n2)s1. The van der Waals surface area contributed by atoms with Gasteiger partial charge in [0.2, 0.25) is 5.91 Å². The van der Waals surface area contributed by atoms with Gasteiger partial charge in [-0.1, -0.05) is 18.2 Å². The largest absolute Gasteiger partial charge is 0.302 e. The maximum absolute atomic E-state index is 12.3. The molecule has 0 spiro atoms. The Morgan fingerprint density at radius 3 is 2.81 bits per heavy atom. The summed E-state index contributed by atoms with van der Waals surface area (Å²) in [5.41, 5.74) is 2.73. The first-order valence-corrected chi connectivity index (χ1v) is 9.78. The minimum atomic E-state index is -0.0964. The van der Waals surface area contributed by atoms with Gasteiger partial charge in [0, 0.05) is 16.5 Å². The van der Waals surface area contributed by atoms with Gasteiger partial charge in [-0.25, -0.2) is 9.67 Å². The lowest BCUT2D eigenvalue weighted by Gasteiger charge is -2.00. The van der Waals surface area contributed by atoms with Crippen molar-refractivity contribution in [2.75, 3.05) is 5.32 Å². The van der Waals surface area contributed by atoms with Gasteiger partial charge in [0.15, 0.2) is 5.13 Å². The second-order valence-electron chi connectivity index (χ2n) is 5.80. The topological polar surface area (TPSA) is 59.8 Å². The molecule has 5 nitrogen and oxygen atoms in total. The third-order valence-corrected chi connectivity index (χ3v) is 5.55. The molecule has 0 saturated heterocycles. The highest BCUT2D eigenvalue weighted by molar-refractivity contribution is 7.17. The average Bonchev–Trinajstić information content (AvgIpc) is 3.37. The third-order valence-electron chi connectivity index (χ3n) is 3.76. The van der Waals surface area contributed by atoms with Gasteiger partial charge < -0.3 is 5.32 Å². The number of para-hydroxylation sites is 1. The first-order valence-electron chi connectivity index (χ1n) is 8.08. The molecule has 3 heterocycles. The van der Waals surface area contributed by atoms with Gasteiger partial charge in [0.25, 0.3) is 0 Å². The van der Waals surface area contributed by atoms with E-state index in [1.54, 1.807) is 22.2 Å². The van der Waals surface area contributed by atoms with Crippen LogP contribution < -0.4 is 5.32 Å². The van der Waals surface area contributed by atoms with Crippen LogP contribution >= 0.6 is 22.7 Å². The van der Waals surface area contributed by atoms with Gasteiger partial charge >= 0.3 is 0 Å².